The van der Waals surface area contributed by atoms with E-state index in [9.17, 15) is 4.79 Å². The summed E-state index contributed by atoms with van der Waals surface area (Å²) in [6.45, 7) is 6.15. The molecule has 0 aromatic heterocycles. The number of benzene rings is 1. The van der Waals surface area contributed by atoms with Crippen LogP contribution in [0.1, 0.15) is 56.3 Å². The summed E-state index contributed by atoms with van der Waals surface area (Å²) in [7, 11) is 0. The molecule has 0 N–H and O–H groups in total. The molecule has 1 saturated heterocycles. The standard InChI is InChI=1S/C18H25NO2/c1-18(2,19-11-4-3-5-12-19)17(20)14-7-6-8-16(13-14)21-15-9-10-15/h6-8,13,15H,3-5,9-12H2,1-2H3. The summed E-state index contributed by atoms with van der Waals surface area (Å²) in [6, 6.07) is 7.69. The summed E-state index contributed by atoms with van der Waals surface area (Å²) in [4.78, 5) is 15.2. The Bertz CT molecular complexity index is 514. The molecule has 0 radical (unpaired) electrons. The molecule has 0 amide bonds. The van der Waals surface area contributed by atoms with Crippen LogP contribution in [0.5, 0.6) is 5.75 Å². The predicted molar refractivity (Wildman–Crippen MR) is 83.9 cm³/mol. The number of ether oxygens (including phenoxy) is 1. The number of nitrogens with zero attached hydrogens (tertiary/aromatic N) is 1. The third-order valence-corrected chi connectivity index (χ3v) is 4.63. The van der Waals surface area contributed by atoms with Crippen molar-refractivity contribution in [2.75, 3.05) is 13.1 Å². The molecule has 114 valence electrons. The minimum atomic E-state index is -0.432. The number of likely N-dealkylation sites (tertiary alicyclic amines) is 1. The second kappa shape index (κ2) is 5.80. The van der Waals surface area contributed by atoms with E-state index in [0.717, 1.165) is 37.2 Å². The van der Waals surface area contributed by atoms with E-state index >= 15 is 0 Å². The van der Waals surface area contributed by atoms with Crippen molar-refractivity contribution in [1.29, 1.82) is 0 Å². The van der Waals surface area contributed by atoms with E-state index in [1.807, 2.05) is 24.3 Å². The zero-order valence-corrected chi connectivity index (χ0v) is 13.1. The Morgan fingerprint density at radius 3 is 2.57 bits per heavy atom. The topological polar surface area (TPSA) is 29.5 Å². The van der Waals surface area contributed by atoms with E-state index in [-0.39, 0.29) is 5.78 Å². The van der Waals surface area contributed by atoms with Crippen LogP contribution < -0.4 is 4.74 Å². The second-order valence-corrected chi connectivity index (χ2v) is 6.78. The van der Waals surface area contributed by atoms with Gasteiger partial charge in [0, 0.05) is 5.56 Å². The van der Waals surface area contributed by atoms with Gasteiger partial charge < -0.3 is 4.74 Å². The molecule has 0 spiro atoms. The van der Waals surface area contributed by atoms with Gasteiger partial charge in [-0.2, -0.15) is 0 Å². The predicted octanol–water partition coefficient (Wildman–Crippen LogP) is 3.68. The minimum Gasteiger partial charge on any atom is -0.490 e. The molecule has 3 rings (SSSR count). The first-order chi connectivity index (χ1) is 10.1. The number of Topliss-reactive ketones (excluding diaryl/α,β-unsaturated/α-hetero) is 1. The van der Waals surface area contributed by atoms with Crippen LogP contribution in [0.3, 0.4) is 0 Å². The Kier molecular flexibility index (Phi) is 4.03. The summed E-state index contributed by atoms with van der Waals surface area (Å²) in [5, 5.41) is 0. The molecule has 0 atom stereocenters. The lowest BCUT2D eigenvalue weighted by atomic mass is 9.89. The Hall–Kier alpha value is -1.35. The highest BCUT2D eigenvalue weighted by molar-refractivity contribution is 6.03. The first-order valence-corrected chi connectivity index (χ1v) is 8.14. The lowest BCUT2D eigenvalue weighted by molar-refractivity contribution is 0.0579. The maximum atomic E-state index is 12.9. The van der Waals surface area contributed by atoms with Crippen molar-refractivity contribution in [2.45, 2.75) is 57.6 Å². The van der Waals surface area contributed by atoms with Crippen LogP contribution in [-0.2, 0) is 0 Å². The highest BCUT2D eigenvalue weighted by Crippen LogP contribution is 2.29. The molecule has 0 unspecified atom stereocenters. The van der Waals surface area contributed by atoms with Gasteiger partial charge in [0.05, 0.1) is 11.6 Å². The molecule has 1 saturated carbocycles. The largest absolute Gasteiger partial charge is 0.490 e. The molecule has 2 fully saturated rings. The monoisotopic (exact) mass is 287 g/mol. The van der Waals surface area contributed by atoms with Crippen molar-refractivity contribution >= 4 is 5.78 Å². The fourth-order valence-electron chi connectivity index (χ4n) is 3.04. The summed E-state index contributed by atoms with van der Waals surface area (Å²) < 4.78 is 5.81. The van der Waals surface area contributed by atoms with Gasteiger partial charge in [0.1, 0.15) is 5.75 Å². The van der Waals surface area contributed by atoms with Gasteiger partial charge in [0.25, 0.3) is 0 Å². The van der Waals surface area contributed by atoms with Crippen LogP contribution in [0.15, 0.2) is 24.3 Å². The molecule has 21 heavy (non-hydrogen) atoms. The van der Waals surface area contributed by atoms with Crippen LogP contribution in [0.2, 0.25) is 0 Å². The Morgan fingerprint density at radius 1 is 1.19 bits per heavy atom. The fraction of sp³-hybridized carbons (Fsp3) is 0.611. The van der Waals surface area contributed by atoms with Crippen molar-refractivity contribution < 1.29 is 9.53 Å². The summed E-state index contributed by atoms with van der Waals surface area (Å²) in [5.74, 6) is 1.03. The fourth-order valence-corrected chi connectivity index (χ4v) is 3.04. The van der Waals surface area contributed by atoms with Crippen LogP contribution in [0, 0.1) is 0 Å². The second-order valence-electron chi connectivity index (χ2n) is 6.78. The summed E-state index contributed by atoms with van der Waals surface area (Å²) in [6.07, 6.45) is 6.31. The summed E-state index contributed by atoms with van der Waals surface area (Å²) >= 11 is 0. The Morgan fingerprint density at radius 2 is 1.90 bits per heavy atom. The molecule has 3 nitrogen and oxygen atoms in total. The molecule has 1 aliphatic carbocycles. The average molecular weight is 287 g/mol. The highest BCUT2D eigenvalue weighted by Gasteiger charge is 2.35. The van der Waals surface area contributed by atoms with E-state index in [1.165, 1.54) is 19.3 Å². The van der Waals surface area contributed by atoms with Crippen LogP contribution >= 0.6 is 0 Å². The smallest absolute Gasteiger partial charge is 0.182 e. The van der Waals surface area contributed by atoms with Crippen LogP contribution in [-0.4, -0.2) is 35.4 Å². The highest BCUT2D eigenvalue weighted by atomic mass is 16.5. The molecule has 1 aromatic carbocycles. The van der Waals surface area contributed by atoms with Gasteiger partial charge in [-0.3, -0.25) is 9.69 Å². The number of rotatable bonds is 5. The van der Waals surface area contributed by atoms with E-state index < -0.39 is 5.54 Å². The number of carbonyl (C=O) groups is 1. The van der Waals surface area contributed by atoms with Gasteiger partial charge >= 0.3 is 0 Å². The number of hydrogen-bond acceptors (Lipinski definition) is 3. The summed E-state index contributed by atoms with van der Waals surface area (Å²) in [5.41, 5.74) is 0.335. The quantitative estimate of drug-likeness (QED) is 0.774. The SMILES string of the molecule is CC(C)(C(=O)c1cccc(OC2CC2)c1)N1CCCCC1. The van der Waals surface area contributed by atoms with Crippen molar-refractivity contribution in [1.82, 2.24) is 4.90 Å². The van der Waals surface area contributed by atoms with Crippen molar-refractivity contribution in [3.8, 4) is 5.75 Å². The molecule has 1 aliphatic heterocycles. The lowest BCUT2D eigenvalue weighted by Crippen LogP contribution is -2.52. The molecule has 1 aromatic rings. The maximum absolute atomic E-state index is 12.9. The van der Waals surface area contributed by atoms with Gasteiger partial charge in [-0.25, -0.2) is 0 Å². The van der Waals surface area contributed by atoms with Gasteiger partial charge in [0.2, 0.25) is 0 Å². The number of ketones is 1. The third kappa shape index (κ3) is 3.29. The van der Waals surface area contributed by atoms with Gasteiger partial charge in [-0.1, -0.05) is 18.6 Å². The Balaban J connectivity index is 1.76. The first kappa shape index (κ1) is 14.6. The molecule has 0 bridgehead atoms. The van der Waals surface area contributed by atoms with Crippen LogP contribution in [0.25, 0.3) is 0 Å². The zero-order valence-electron chi connectivity index (χ0n) is 13.1. The van der Waals surface area contributed by atoms with Crippen molar-refractivity contribution in [3.63, 3.8) is 0 Å². The van der Waals surface area contributed by atoms with E-state index in [2.05, 4.69) is 18.7 Å². The first-order valence-electron chi connectivity index (χ1n) is 8.14. The number of carbonyl (C=O) groups excluding carboxylic acids is 1. The third-order valence-electron chi connectivity index (χ3n) is 4.63. The lowest BCUT2D eigenvalue weighted by Gasteiger charge is -2.39. The number of piperidine rings is 1. The van der Waals surface area contributed by atoms with Crippen molar-refractivity contribution in [3.05, 3.63) is 29.8 Å². The Labute approximate surface area is 127 Å². The molecular formula is C18H25NO2. The van der Waals surface area contributed by atoms with Crippen LogP contribution in [0.4, 0.5) is 0 Å². The molecule has 1 heterocycles. The van der Waals surface area contributed by atoms with Gasteiger partial charge in [-0.05, 0) is 64.8 Å². The van der Waals surface area contributed by atoms with Gasteiger partial charge in [0.15, 0.2) is 5.78 Å². The molecule has 3 heteroatoms. The normalized spacial score (nSPS) is 20.3. The van der Waals surface area contributed by atoms with Crippen molar-refractivity contribution in [2.24, 2.45) is 0 Å². The van der Waals surface area contributed by atoms with E-state index in [1.54, 1.807) is 0 Å². The van der Waals surface area contributed by atoms with E-state index in [4.69, 9.17) is 4.74 Å². The van der Waals surface area contributed by atoms with E-state index in [0.29, 0.717) is 6.10 Å². The average Bonchev–Trinajstić information content (AvgIpc) is 3.31. The molecule has 2 aliphatic rings. The zero-order chi connectivity index (χ0) is 14.9. The molecular weight excluding hydrogens is 262 g/mol. The minimum absolute atomic E-state index is 0.200. The number of hydrogen-bond donors (Lipinski definition) is 0. The van der Waals surface area contributed by atoms with Gasteiger partial charge in [-0.15, -0.1) is 0 Å². The maximum Gasteiger partial charge on any atom is 0.182 e.